The molecule has 2 heterocycles. The smallest absolute Gasteiger partial charge is 0.256 e. The van der Waals surface area contributed by atoms with E-state index in [0.717, 1.165) is 41.4 Å². The number of rotatable bonds is 5. The molecular formula is C27H30N2O3. The van der Waals surface area contributed by atoms with Crippen molar-refractivity contribution in [3.8, 4) is 0 Å². The molecule has 2 aliphatic rings. The summed E-state index contributed by atoms with van der Waals surface area (Å²) in [6.45, 7) is 4.77. The summed E-state index contributed by atoms with van der Waals surface area (Å²) in [4.78, 5) is 17.0. The van der Waals surface area contributed by atoms with Gasteiger partial charge < -0.3 is 20.0 Å². The van der Waals surface area contributed by atoms with Crippen LogP contribution in [0.15, 0.2) is 60.7 Å². The molecule has 0 bridgehead atoms. The number of carbonyl (C=O) groups excluding carboxylic acids is 1. The summed E-state index contributed by atoms with van der Waals surface area (Å²) in [6.07, 6.45) is 1.36. The average molecular weight is 431 g/mol. The van der Waals surface area contributed by atoms with Gasteiger partial charge in [0.1, 0.15) is 0 Å². The molecule has 3 aromatic rings. The first-order valence-corrected chi connectivity index (χ1v) is 11.5. The van der Waals surface area contributed by atoms with Crippen molar-refractivity contribution in [2.24, 2.45) is 0 Å². The SMILES string of the molecule is CCc1cccc(C2(O)CCN(CCN3C(=O)c4cccc5cccc(c45)C3O)CC2)c1. The standard InChI is InChI=1S/C27H30N2O3/c1-2-19-6-3-9-21(18-19)27(32)12-14-28(15-13-27)16-17-29-25(30)22-10-4-7-20-8-5-11-23(24(20)22)26(29)31/h3-11,18,25,30,32H,2,12-17H2,1H3. The van der Waals surface area contributed by atoms with E-state index in [1.165, 1.54) is 5.56 Å². The second-order valence-corrected chi connectivity index (χ2v) is 9.05. The summed E-state index contributed by atoms with van der Waals surface area (Å²) in [5.74, 6) is -0.119. The highest BCUT2D eigenvalue weighted by Crippen LogP contribution is 2.36. The van der Waals surface area contributed by atoms with Crippen molar-refractivity contribution in [2.45, 2.75) is 38.0 Å². The Morgan fingerprint density at radius 2 is 1.72 bits per heavy atom. The number of amides is 1. The number of aliphatic hydroxyl groups is 2. The Labute approximate surface area is 188 Å². The maximum absolute atomic E-state index is 13.1. The lowest BCUT2D eigenvalue weighted by Gasteiger charge is -2.40. The van der Waals surface area contributed by atoms with E-state index in [1.807, 2.05) is 48.5 Å². The van der Waals surface area contributed by atoms with E-state index in [9.17, 15) is 15.0 Å². The zero-order valence-corrected chi connectivity index (χ0v) is 18.5. The van der Waals surface area contributed by atoms with Crippen molar-refractivity contribution in [3.63, 3.8) is 0 Å². The quantitative estimate of drug-likeness (QED) is 0.646. The van der Waals surface area contributed by atoms with Crippen molar-refractivity contribution in [3.05, 3.63) is 82.9 Å². The van der Waals surface area contributed by atoms with E-state index in [-0.39, 0.29) is 5.91 Å². The molecule has 5 heteroatoms. The van der Waals surface area contributed by atoms with Crippen molar-refractivity contribution in [2.75, 3.05) is 26.2 Å². The maximum atomic E-state index is 13.1. The molecule has 0 radical (unpaired) electrons. The number of hydrogen-bond acceptors (Lipinski definition) is 4. The fourth-order valence-corrected chi connectivity index (χ4v) is 5.19. The molecule has 1 amide bonds. The summed E-state index contributed by atoms with van der Waals surface area (Å²) in [7, 11) is 0. The maximum Gasteiger partial charge on any atom is 0.256 e. The Bertz CT molecular complexity index is 1150. The first-order chi connectivity index (χ1) is 15.5. The van der Waals surface area contributed by atoms with Crippen LogP contribution in [0.3, 0.4) is 0 Å². The molecule has 1 fully saturated rings. The molecule has 0 aromatic heterocycles. The van der Waals surface area contributed by atoms with E-state index in [2.05, 4.69) is 24.0 Å². The molecule has 5 nitrogen and oxygen atoms in total. The topological polar surface area (TPSA) is 64.0 Å². The fourth-order valence-electron chi connectivity index (χ4n) is 5.19. The lowest BCUT2D eigenvalue weighted by atomic mass is 9.83. The van der Waals surface area contributed by atoms with Crippen LogP contribution in [0.2, 0.25) is 0 Å². The molecule has 5 rings (SSSR count). The van der Waals surface area contributed by atoms with E-state index < -0.39 is 11.8 Å². The van der Waals surface area contributed by atoms with Crippen molar-refractivity contribution in [1.82, 2.24) is 9.80 Å². The van der Waals surface area contributed by atoms with Crippen molar-refractivity contribution < 1.29 is 15.0 Å². The molecule has 0 saturated carbocycles. The van der Waals surface area contributed by atoms with Crippen LogP contribution in [0.25, 0.3) is 10.8 Å². The van der Waals surface area contributed by atoms with Crippen LogP contribution in [0.4, 0.5) is 0 Å². The second kappa shape index (κ2) is 8.32. The minimum Gasteiger partial charge on any atom is -0.385 e. The molecule has 166 valence electrons. The summed E-state index contributed by atoms with van der Waals surface area (Å²) in [5.41, 5.74) is 2.90. The normalized spacial score (nSPS) is 20.7. The van der Waals surface area contributed by atoms with Crippen LogP contribution in [0, 0.1) is 0 Å². The lowest BCUT2D eigenvalue weighted by molar-refractivity contribution is -0.0337. The van der Waals surface area contributed by atoms with Crippen LogP contribution in [-0.2, 0) is 12.0 Å². The number of carbonyl (C=O) groups is 1. The molecule has 1 saturated heterocycles. The molecule has 2 N–H and O–H groups in total. The summed E-state index contributed by atoms with van der Waals surface area (Å²) in [6, 6.07) is 19.8. The van der Waals surface area contributed by atoms with Crippen LogP contribution in [-0.4, -0.2) is 52.1 Å². The lowest BCUT2D eigenvalue weighted by Crippen LogP contribution is -2.47. The number of likely N-dealkylation sites (tertiary alicyclic amines) is 1. The highest BCUT2D eigenvalue weighted by molar-refractivity contribution is 6.10. The third kappa shape index (κ3) is 3.60. The van der Waals surface area contributed by atoms with Crippen LogP contribution < -0.4 is 0 Å². The van der Waals surface area contributed by atoms with Gasteiger partial charge in [0.05, 0.1) is 5.60 Å². The Hall–Kier alpha value is -2.73. The Morgan fingerprint density at radius 1 is 1.00 bits per heavy atom. The zero-order valence-electron chi connectivity index (χ0n) is 18.5. The molecule has 0 aliphatic carbocycles. The third-order valence-electron chi connectivity index (χ3n) is 7.21. The number of hydrogen-bond donors (Lipinski definition) is 2. The fraction of sp³-hybridized carbons (Fsp3) is 0.370. The summed E-state index contributed by atoms with van der Waals surface area (Å²) in [5, 5.41) is 24.0. The van der Waals surface area contributed by atoms with Gasteiger partial charge >= 0.3 is 0 Å². The van der Waals surface area contributed by atoms with Gasteiger partial charge in [-0.3, -0.25) is 4.79 Å². The highest BCUT2D eigenvalue weighted by Gasteiger charge is 2.36. The predicted octanol–water partition coefficient (Wildman–Crippen LogP) is 3.83. The van der Waals surface area contributed by atoms with Gasteiger partial charge in [0.25, 0.3) is 5.91 Å². The first-order valence-electron chi connectivity index (χ1n) is 11.5. The number of nitrogens with zero attached hydrogens (tertiary/aromatic N) is 2. The first kappa shape index (κ1) is 21.1. The van der Waals surface area contributed by atoms with Gasteiger partial charge in [0.2, 0.25) is 0 Å². The van der Waals surface area contributed by atoms with E-state index in [1.54, 1.807) is 4.90 Å². The summed E-state index contributed by atoms with van der Waals surface area (Å²) >= 11 is 0. The number of benzene rings is 3. The van der Waals surface area contributed by atoms with Crippen molar-refractivity contribution in [1.29, 1.82) is 0 Å². The molecular weight excluding hydrogens is 400 g/mol. The number of aryl methyl sites for hydroxylation is 1. The molecule has 32 heavy (non-hydrogen) atoms. The van der Waals surface area contributed by atoms with E-state index >= 15 is 0 Å². The Balaban J connectivity index is 1.26. The van der Waals surface area contributed by atoms with Gasteiger partial charge in [-0.1, -0.05) is 61.5 Å². The Morgan fingerprint density at radius 3 is 2.47 bits per heavy atom. The van der Waals surface area contributed by atoms with Crippen molar-refractivity contribution >= 4 is 16.7 Å². The van der Waals surface area contributed by atoms with E-state index in [4.69, 9.17) is 0 Å². The van der Waals surface area contributed by atoms with Gasteiger partial charge in [0, 0.05) is 42.7 Å². The third-order valence-corrected chi connectivity index (χ3v) is 7.21. The molecule has 3 aromatic carbocycles. The second-order valence-electron chi connectivity index (χ2n) is 9.05. The minimum atomic E-state index is -0.931. The largest absolute Gasteiger partial charge is 0.385 e. The zero-order chi connectivity index (χ0) is 22.3. The van der Waals surface area contributed by atoms with E-state index in [0.29, 0.717) is 31.5 Å². The molecule has 0 spiro atoms. The summed E-state index contributed by atoms with van der Waals surface area (Å²) < 4.78 is 0. The van der Waals surface area contributed by atoms with Gasteiger partial charge in [0.15, 0.2) is 6.23 Å². The van der Waals surface area contributed by atoms with Crippen LogP contribution in [0.1, 0.15) is 53.0 Å². The van der Waals surface area contributed by atoms with Crippen LogP contribution >= 0.6 is 0 Å². The minimum absolute atomic E-state index is 0.119. The highest BCUT2D eigenvalue weighted by atomic mass is 16.3. The van der Waals surface area contributed by atoms with Gasteiger partial charge in [-0.05, 0) is 41.8 Å². The van der Waals surface area contributed by atoms with Gasteiger partial charge in [-0.2, -0.15) is 0 Å². The molecule has 2 aliphatic heterocycles. The predicted molar refractivity (Wildman–Crippen MR) is 125 cm³/mol. The molecule has 1 unspecified atom stereocenters. The van der Waals surface area contributed by atoms with Gasteiger partial charge in [-0.25, -0.2) is 0 Å². The van der Waals surface area contributed by atoms with Gasteiger partial charge in [-0.15, -0.1) is 0 Å². The monoisotopic (exact) mass is 430 g/mol. The van der Waals surface area contributed by atoms with Crippen LogP contribution in [0.5, 0.6) is 0 Å². The average Bonchev–Trinajstić information content (AvgIpc) is 2.83. The number of aliphatic hydroxyl groups excluding tert-OH is 1. The Kier molecular flexibility index (Phi) is 5.49. The number of piperidine rings is 1. The molecule has 1 atom stereocenters.